The van der Waals surface area contributed by atoms with Gasteiger partial charge in [-0.1, -0.05) is 30.3 Å². The summed E-state index contributed by atoms with van der Waals surface area (Å²) in [5.74, 6) is 0. The summed E-state index contributed by atoms with van der Waals surface area (Å²) in [5, 5.41) is 20.0. The van der Waals surface area contributed by atoms with Crippen molar-refractivity contribution in [2.24, 2.45) is 0 Å². The van der Waals surface area contributed by atoms with E-state index in [2.05, 4.69) is 0 Å². The summed E-state index contributed by atoms with van der Waals surface area (Å²) in [6.07, 6.45) is -1.71. The molecule has 0 aliphatic heterocycles. The molecule has 16 heavy (non-hydrogen) atoms. The molecule has 2 aromatic rings. The maximum atomic E-state index is 10.0. The minimum Gasteiger partial charge on any atom is -0.385 e. The first-order valence-corrected chi connectivity index (χ1v) is 5.97. The van der Waals surface area contributed by atoms with Gasteiger partial charge in [-0.05, 0) is 24.6 Å². The van der Waals surface area contributed by atoms with E-state index in [1.165, 1.54) is 11.3 Å². The Hall–Kier alpha value is -1.16. The van der Waals surface area contributed by atoms with Gasteiger partial charge in [0.15, 0.2) is 0 Å². The highest BCUT2D eigenvalue weighted by Gasteiger charge is 2.20. The molecular weight excluding hydrogens is 220 g/mol. The fourth-order valence-electron chi connectivity index (χ4n) is 1.60. The first-order valence-electron chi connectivity index (χ1n) is 5.16. The van der Waals surface area contributed by atoms with Crippen LogP contribution in [-0.4, -0.2) is 10.2 Å². The molecule has 0 spiro atoms. The molecule has 84 valence electrons. The summed E-state index contributed by atoms with van der Waals surface area (Å²) >= 11 is 1.51. The molecule has 1 heterocycles. The Morgan fingerprint density at radius 1 is 0.938 bits per heavy atom. The quantitative estimate of drug-likeness (QED) is 0.857. The number of aliphatic hydroxyl groups is 2. The number of aliphatic hydroxyl groups excluding tert-OH is 2. The monoisotopic (exact) mass is 234 g/mol. The molecule has 0 aliphatic rings. The second-order valence-corrected chi connectivity index (χ2v) is 5.07. The van der Waals surface area contributed by atoms with Crippen LogP contribution in [0.5, 0.6) is 0 Å². The van der Waals surface area contributed by atoms with Crippen LogP contribution in [0.25, 0.3) is 0 Å². The Kier molecular flexibility index (Phi) is 3.39. The van der Waals surface area contributed by atoms with Crippen molar-refractivity contribution in [1.82, 2.24) is 0 Å². The fourth-order valence-corrected chi connectivity index (χ4v) is 2.49. The second-order valence-electron chi connectivity index (χ2n) is 3.75. The Balaban J connectivity index is 2.19. The van der Waals surface area contributed by atoms with Crippen molar-refractivity contribution >= 4 is 11.3 Å². The van der Waals surface area contributed by atoms with Gasteiger partial charge < -0.3 is 10.2 Å². The van der Waals surface area contributed by atoms with Gasteiger partial charge in [-0.15, -0.1) is 11.3 Å². The van der Waals surface area contributed by atoms with Gasteiger partial charge in [0.2, 0.25) is 0 Å². The molecule has 2 N–H and O–H groups in total. The largest absolute Gasteiger partial charge is 0.385 e. The smallest absolute Gasteiger partial charge is 0.118 e. The van der Waals surface area contributed by atoms with Crippen LogP contribution in [0.3, 0.4) is 0 Å². The highest BCUT2D eigenvalue weighted by molar-refractivity contribution is 7.12. The molecule has 2 unspecified atom stereocenters. The van der Waals surface area contributed by atoms with Crippen molar-refractivity contribution in [3.8, 4) is 0 Å². The SMILES string of the molecule is Cc1ccc(C(O)C(O)c2ccccc2)s1. The molecule has 0 bridgehead atoms. The molecule has 0 aliphatic carbocycles. The average Bonchev–Trinajstić information content (AvgIpc) is 2.75. The lowest BCUT2D eigenvalue weighted by Gasteiger charge is -2.16. The fraction of sp³-hybridized carbons (Fsp3) is 0.231. The van der Waals surface area contributed by atoms with Crippen molar-refractivity contribution in [1.29, 1.82) is 0 Å². The first kappa shape index (κ1) is 11.3. The van der Waals surface area contributed by atoms with Gasteiger partial charge in [-0.2, -0.15) is 0 Å². The Labute approximate surface area is 98.8 Å². The van der Waals surface area contributed by atoms with Crippen LogP contribution >= 0.6 is 11.3 Å². The molecule has 0 amide bonds. The van der Waals surface area contributed by atoms with E-state index in [0.717, 1.165) is 15.3 Å². The van der Waals surface area contributed by atoms with Crippen molar-refractivity contribution in [3.05, 3.63) is 57.8 Å². The van der Waals surface area contributed by atoms with Crippen LogP contribution in [-0.2, 0) is 0 Å². The third-order valence-electron chi connectivity index (χ3n) is 2.49. The summed E-state index contributed by atoms with van der Waals surface area (Å²) in [6.45, 7) is 1.98. The number of thiophene rings is 1. The molecule has 0 radical (unpaired) electrons. The molecule has 2 rings (SSSR count). The van der Waals surface area contributed by atoms with Gasteiger partial charge in [0.25, 0.3) is 0 Å². The lowest BCUT2D eigenvalue weighted by atomic mass is 10.0. The summed E-state index contributed by atoms with van der Waals surface area (Å²) in [5.41, 5.74) is 0.737. The molecule has 3 heteroatoms. The number of benzene rings is 1. The maximum Gasteiger partial charge on any atom is 0.118 e. The van der Waals surface area contributed by atoms with Gasteiger partial charge in [0.05, 0.1) is 0 Å². The molecule has 0 fully saturated rings. The predicted octanol–water partition coefficient (Wildman–Crippen LogP) is 2.82. The van der Waals surface area contributed by atoms with Crippen molar-refractivity contribution in [2.75, 3.05) is 0 Å². The summed E-state index contributed by atoms with van der Waals surface area (Å²) in [4.78, 5) is 1.93. The Bertz CT molecular complexity index is 450. The van der Waals surface area contributed by atoms with Crippen molar-refractivity contribution < 1.29 is 10.2 Å². The molecule has 0 saturated heterocycles. The van der Waals surface area contributed by atoms with Crippen LogP contribution in [0.4, 0.5) is 0 Å². The topological polar surface area (TPSA) is 40.5 Å². The van der Waals surface area contributed by atoms with Crippen LogP contribution in [0.1, 0.15) is 27.5 Å². The summed E-state index contributed by atoms with van der Waals surface area (Å²) < 4.78 is 0. The molecular formula is C13H14O2S. The predicted molar refractivity (Wildman–Crippen MR) is 65.4 cm³/mol. The highest BCUT2D eigenvalue weighted by atomic mass is 32.1. The zero-order valence-corrected chi connectivity index (χ0v) is 9.82. The van der Waals surface area contributed by atoms with Gasteiger partial charge in [0.1, 0.15) is 12.2 Å². The maximum absolute atomic E-state index is 10.0. The minimum absolute atomic E-state index is 0.737. The lowest BCUT2D eigenvalue weighted by Crippen LogP contribution is -2.08. The lowest BCUT2D eigenvalue weighted by molar-refractivity contribution is 0.0195. The number of hydrogen-bond donors (Lipinski definition) is 2. The summed E-state index contributed by atoms with van der Waals surface area (Å²) in [6, 6.07) is 13.0. The standard InChI is InChI=1S/C13H14O2S/c1-9-7-8-11(16-9)13(15)12(14)10-5-3-2-4-6-10/h2-8,12-15H,1H3. The van der Waals surface area contributed by atoms with E-state index in [1.807, 2.05) is 49.4 Å². The van der Waals surface area contributed by atoms with E-state index < -0.39 is 12.2 Å². The highest BCUT2D eigenvalue weighted by Crippen LogP contribution is 2.32. The molecule has 2 atom stereocenters. The zero-order valence-electron chi connectivity index (χ0n) is 9.00. The van der Waals surface area contributed by atoms with Crippen LogP contribution < -0.4 is 0 Å². The third kappa shape index (κ3) is 2.32. The third-order valence-corrected chi connectivity index (χ3v) is 3.56. The summed E-state index contributed by atoms with van der Waals surface area (Å²) in [7, 11) is 0. The van der Waals surface area contributed by atoms with E-state index in [4.69, 9.17) is 0 Å². The minimum atomic E-state index is -0.862. The molecule has 1 aromatic heterocycles. The normalized spacial score (nSPS) is 14.7. The van der Waals surface area contributed by atoms with Crippen molar-refractivity contribution in [3.63, 3.8) is 0 Å². The molecule has 0 saturated carbocycles. The molecule has 1 aromatic carbocycles. The number of hydrogen-bond acceptors (Lipinski definition) is 3. The number of aryl methyl sites for hydroxylation is 1. The van der Waals surface area contributed by atoms with E-state index in [9.17, 15) is 10.2 Å². The zero-order chi connectivity index (χ0) is 11.5. The number of rotatable bonds is 3. The van der Waals surface area contributed by atoms with Gasteiger partial charge >= 0.3 is 0 Å². The van der Waals surface area contributed by atoms with Gasteiger partial charge in [-0.25, -0.2) is 0 Å². The van der Waals surface area contributed by atoms with Crippen molar-refractivity contribution in [2.45, 2.75) is 19.1 Å². The van der Waals surface area contributed by atoms with Crippen LogP contribution in [0.15, 0.2) is 42.5 Å². The van der Waals surface area contributed by atoms with Crippen LogP contribution in [0.2, 0.25) is 0 Å². The Morgan fingerprint density at radius 3 is 2.19 bits per heavy atom. The Morgan fingerprint density at radius 2 is 1.62 bits per heavy atom. The van der Waals surface area contributed by atoms with Gasteiger partial charge in [-0.3, -0.25) is 0 Å². The van der Waals surface area contributed by atoms with Crippen LogP contribution in [0, 0.1) is 6.92 Å². The first-order chi connectivity index (χ1) is 7.68. The van der Waals surface area contributed by atoms with E-state index in [1.54, 1.807) is 0 Å². The van der Waals surface area contributed by atoms with E-state index >= 15 is 0 Å². The van der Waals surface area contributed by atoms with E-state index in [-0.39, 0.29) is 0 Å². The van der Waals surface area contributed by atoms with E-state index in [0.29, 0.717) is 0 Å². The second kappa shape index (κ2) is 4.78. The van der Waals surface area contributed by atoms with Gasteiger partial charge in [0, 0.05) is 9.75 Å². The average molecular weight is 234 g/mol. The molecule has 2 nitrogen and oxygen atoms in total.